The van der Waals surface area contributed by atoms with E-state index in [0.717, 1.165) is 39.4 Å². The Morgan fingerprint density at radius 1 is 1.35 bits per heavy atom. The molecule has 2 aromatic heterocycles. The third kappa shape index (κ3) is 3.21. The van der Waals surface area contributed by atoms with Crippen LogP contribution in [-0.4, -0.2) is 26.4 Å². The number of nitrogens with one attached hydrogen (secondary N) is 1. The van der Waals surface area contributed by atoms with Crippen molar-refractivity contribution >= 4 is 51.3 Å². The van der Waals surface area contributed by atoms with E-state index >= 15 is 0 Å². The maximum atomic E-state index is 6.21. The molecule has 9 heteroatoms. The third-order valence-electron chi connectivity index (χ3n) is 3.73. The second-order valence-corrected chi connectivity index (χ2v) is 8.32. The molecule has 0 aliphatic carbocycles. The Bertz CT molecular complexity index is 841. The van der Waals surface area contributed by atoms with Gasteiger partial charge in [0.25, 0.3) is 0 Å². The Balaban J connectivity index is 1.53. The molecular formula is C14H13Cl2N5S2. The van der Waals surface area contributed by atoms with E-state index in [-0.39, 0.29) is 6.04 Å². The minimum atomic E-state index is 0.260. The highest BCUT2D eigenvalue weighted by atomic mass is 35.5. The van der Waals surface area contributed by atoms with Crippen molar-refractivity contribution in [3.8, 4) is 0 Å². The summed E-state index contributed by atoms with van der Waals surface area (Å²) < 4.78 is 2.82. The molecule has 1 aliphatic rings. The largest absolute Gasteiger partial charge is 0.307 e. The van der Waals surface area contributed by atoms with E-state index in [4.69, 9.17) is 23.2 Å². The third-order valence-corrected chi connectivity index (χ3v) is 6.40. The van der Waals surface area contributed by atoms with Crippen molar-refractivity contribution in [2.24, 2.45) is 0 Å². The first-order valence-corrected chi connectivity index (χ1v) is 9.79. The van der Waals surface area contributed by atoms with Crippen LogP contribution in [0.3, 0.4) is 0 Å². The molecule has 0 amide bonds. The predicted octanol–water partition coefficient (Wildman–Crippen LogP) is 4.21. The second-order valence-electron chi connectivity index (χ2n) is 5.29. The fraction of sp³-hybridized carbons (Fsp3) is 0.357. The van der Waals surface area contributed by atoms with Gasteiger partial charge in [-0.25, -0.2) is 0 Å². The van der Waals surface area contributed by atoms with Gasteiger partial charge in [0.15, 0.2) is 10.2 Å². The molecule has 0 unspecified atom stereocenters. The lowest BCUT2D eigenvalue weighted by molar-refractivity contribution is 0.582. The Kier molecular flexibility index (Phi) is 4.47. The molecule has 0 bridgehead atoms. The summed E-state index contributed by atoms with van der Waals surface area (Å²) in [4.78, 5) is 0.832. The smallest absolute Gasteiger partial charge is 0.235 e. The monoisotopic (exact) mass is 385 g/mol. The van der Waals surface area contributed by atoms with Crippen LogP contribution < -0.4 is 5.32 Å². The molecule has 0 radical (unpaired) electrons. The van der Waals surface area contributed by atoms with Gasteiger partial charge in [-0.3, -0.25) is 0 Å². The van der Waals surface area contributed by atoms with Gasteiger partial charge < -0.3 is 5.32 Å². The number of fused-ring (bicyclic) bond motifs is 1. The molecule has 5 nitrogen and oxygen atoms in total. The van der Waals surface area contributed by atoms with Crippen molar-refractivity contribution in [1.82, 2.24) is 25.1 Å². The average Bonchev–Trinajstić information content (AvgIpc) is 3.22. The Morgan fingerprint density at radius 2 is 2.26 bits per heavy atom. The zero-order valence-corrected chi connectivity index (χ0v) is 15.1. The summed E-state index contributed by atoms with van der Waals surface area (Å²) in [6.07, 6.45) is 2.25. The average molecular weight is 386 g/mol. The molecule has 0 saturated carbocycles. The number of hydrogen-bond acceptors (Lipinski definition) is 6. The number of hydrogen-bond donors (Lipinski definition) is 1. The van der Waals surface area contributed by atoms with Crippen molar-refractivity contribution in [3.63, 3.8) is 0 Å². The lowest BCUT2D eigenvalue weighted by Gasteiger charge is -2.05. The van der Waals surface area contributed by atoms with Crippen molar-refractivity contribution in [3.05, 3.63) is 39.6 Å². The van der Waals surface area contributed by atoms with E-state index in [1.165, 1.54) is 6.42 Å². The topological polar surface area (TPSA) is 55.1 Å². The van der Waals surface area contributed by atoms with Gasteiger partial charge >= 0.3 is 0 Å². The zero-order valence-electron chi connectivity index (χ0n) is 12.0. The normalized spacial score (nSPS) is 18.1. The molecule has 3 aromatic rings. The number of aromatic nitrogens is 4. The van der Waals surface area contributed by atoms with Crippen LogP contribution in [0.1, 0.15) is 30.3 Å². The van der Waals surface area contributed by atoms with Gasteiger partial charge in [-0.2, -0.15) is 4.52 Å². The molecule has 1 aliphatic heterocycles. The molecule has 1 aromatic carbocycles. The highest BCUT2D eigenvalue weighted by Crippen LogP contribution is 2.32. The Labute approximate surface area is 151 Å². The van der Waals surface area contributed by atoms with Gasteiger partial charge in [0.05, 0.1) is 6.04 Å². The summed E-state index contributed by atoms with van der Waals surface area (Å²) in [5.74, 6) is 1.65. The predicted molar refractivity (Wildman–Crippen MR) is 94.7 cm³/mol. The van der Waals surface area contributed by atoms with E-state index in [2.05, 4.69) is 20.6 Å². The van der Waals surface area contributed by atoms with Crippen LogP contribution in [0, 0.1) is 0 Å². The quantitative estimate of drug-likeness (QED) is 0.681. The molecule has 0 spiro atoms. The number of rotatable bonds is 4. The Hall–Kier alpha value is -0.860. The first-order valence-electron chi connectivity index (χ1n) is 7.23. The zero-order chi connectivity index (χ0) is 15.8. The highest BCUT2D eigenvalue weighted by Gasteiger charge is 2.23. The van der Waals surface area contributed by atoms with Crippen molar-refractivity contribution in [2.45, 2.75) is 29.0 Å². The van der Waals surface area contributed by atoms with Crippen molar-refractivity contribution in [2.75, 3.05) is 6.54 Å². The van der Waals surface area contributed by atoms with Crippen LogP contribution in [-0.2, 0) is 5.75 Å². The first-order chi connectivity index (χ1) is 11.2. The number of halogens is 2. The van der Waals surface area contributed by atoms with Crippen LogP contribution in [0.2, 0.25) is 10.0 Å². The van der Waals surface area contributed by atoms with Crippen LogP contribution in [0.4, 0.5) is 0 Å². The molecule has 1 saturated heterocycles. The van der Waals surface area contributed by atoms with Gasteiger partial charge in [0.2, 0.25) is 4.96 Å². The second kappa shape index (κ2) is 6.57. The summed E-state index contributed by atoms with van der Waals surface area (Å²) in [7, 11) is 0. The summed E-state index contributed by atoms with van der Waals surface area (Å²) in [6.45, 7) is 1.03. The lowest BCUT2D eigenvalue weighted by Crippen LogP contribution is -2.16. The van der Waals surface area contributed by atoms with Gasteiger partial charge in [-0.05, 0) is 37.1 Å². The van der Waals surface area contributed by atoms with Crippen LogP contribution in [0.25, 0.3) is 4.96 Å². The SMILES string of the molecule is Clc1ccc(CSc2nn3c([C@H]4CCCN4)nnc3s2)c(Cl)c1. The van der Waals surface area contributed by atoms with Gasteiger partial charge in [-0.1, -0.05) is 52.4 Å². The molecule has 120 valence electrons. The molecule has 1 fully saturated rings. The van der Waals surface area contributed by atoms with E-state index in [1.807, 2.05) is 16.6 Å². The summed E-state index contributed by atoms with van der Waals surface area (Å²) in [5.41, 5.74) is 1.05. The van der Waals surface area contributed by atoms with Crippen LogP contribution >= 0.6 is 46.3 Å². The fourth-order valence-corrected chi connectivity index (χ4v) is 5.02. The minimum absolute atomic E-state index is 0.260. The number of benzene rings is 1. The molecule has 3 heterocycles. The standard InChI is InChI=1S/C14H13Cl2N5S2/c15-9-4-3-8(10(16)6-9)7-22-14-20-21-12(11-2-1-5-17-11)18-19-13(21)23-14/h3-4,6,11,17H,1-2,5,7H2/t11-/m1/s1. The van der Waals surface area contributed by atoms with Crippen LogP contribution in [0.5, 0.6) is 0 Å². The summed E-state index contributed by atoms with van der Waals surface area (Å²) >= 11 is 15.3. The maximum absolute atomic E-state index is 6.21. The Morgan fingerprint density at radius 3 is 3.04 bits per heavy atom. The molecule has 23 heavy (non-hydrogen) atoms. The van der Waals surface area contributed by atoms with Crippen molar-refractivity contribution in [1.29, 1.82) is 0 Å². The molecule has 1 atom stereocenters. The maximum Gasteiger partial charge on any atom is 0.235 e. The first kappa shape index (κ1) is 15.7. The fourth-order valence-electron chi connectivity index (χ4n) is 2.57. The van der Waals surface area contributed by atoms with Gasteiger partial charge in [-0.15, -0.1) is 15.3 Å². The van der Waals surface area contributed by atoms with Crippen molar-refractivity contribution < 1.29 is 0 Å². The number of nitrogens with zero attached hydrogens (tertiary/aromatic N) is 4. The van der Waals surface area contributed by atoms with Gasteiger partial charge in [0.1, 0.15) is 0 Å². The molecular weight excluding hydrogens is 373 g/mol. The van der Waals surface area contributed by atoms with E-state index < -0.39 is 0 Å². The highest BCUT2D eigenvalue weighted by molar-refractivity contribution is 8.00. The summed E-state index contributed by atoms with van der Waals surface area (Å²) in [6, 6.07) is 5.83. The van der Waals surface area contributed by atoms with E-state index in [0.29, 0.717) is 10.0 Å². The minimum Gasteiger partial charge on any atom is -0.307 e. The van der Waals surface area contributed by atoms with E-state index in [9.17, 15) is 0 Å². The number of thioether (sulfide) groups is 1. The molecule has 4 rings (SSSR count). The summed E-state index contributed by atoms with van der Waals surface area (Å²) in [5, 5.41) is 17.9. The lowest BCUT2D eigenvalue weighted by atomic mass is 10.2. The van der Waals surface area contributed by atoms with Gasteiger partial charge in [0, 0.05) is 15.8 Å². The van der Waals surface area contributed by atoms with E-state index in [1.54, 1.807) is 29.2 Å². The van der Waals surface area contributed by atoms with Crippen LogP contribution in [0.15, 0.2) is 22.5 Å². The molecule has 1 N–H and O–H groups in total.